The van der Waals surface area contributed by atoms with Crippen molar-refractivity contribution < 1.29 is 23.0 Å². The maximum absolute atomic E-state index is 12.5. The Bertz CT molecular complexity index is 958. The molecule has 0 atom stereocenters. The molecule has 5 nitrogen and oxygen atoms in total. The van der Waals surface area contributed by atoms with Gasteiger partial charge in [-0.2, -0.15) is 8.78 Å². The van der Waals surface area contributed by atoms with Crippen molar-refractivity contribution in [1.29, 1.82) is 0 Å². The third kappa shape index (κ3) is 4.83. The van der Waals surface area contributed by atoms with Gasteiger partial charge in [0.05, 0.1) is 17.3 Å². The molecule has 0 saturated heterocycles. The second-order valence-electron chi connectivity index (χ2n) is 5.76. The van der Waals surface area contributed by atoms with Crippen molar-refractivity contribution in [2.45, 2.75) is 20.5 Å². The molecule has 8 heteroatoms. The number of hydrogen-bond donors (Lipinski definition) is 1. The topological polar surface area (TPSA) is 60.5 Å². The van der Waals surface area contributed by atoms with E-state index < -0.39 is 6.61 Å². The number of alkyl halides is 2. The summed E-state index contributed by atoms with van der Waals surface area (Å²) in [7, 11) is 0. The number of nitrogens with one attached hydrogen (secondary N) is 1. The van der Waals surface area contributed by atoms with Crippen LogP contribution in [-0.2, 0) is 0 Å². The van der Waals surface area contributed by atoms with E-state index in [1.165, 1.54) is 18.2 Å². The number of aryl methyl sites for hydroxylation is 1. The average Bonchev–Trinajstić information content (AvgIpc) is 3.10. The van der Waals surface area contributed by atoms with Crippen LogP contribution >= 0.6 is 11.3 Å². The Balaban J connectivity index is 1.74. The van der Waals surface area contributed by atoms with Crippen LogP contribution in [0.2, 0.25) is 0 Å². The molecule has 1 N–H and O–H groups in total. The number of aromatic nitrogens is 1. The first-order valence-electron chi connectivity index (χ1n) is 8.52. The van der Waals surface area contributed by atoms with Crippen molar-refractivity contribution in [2.24, 2.45) is 0 Å². The highest BCUT2D eigenvalue weighted by Gasteiger charge is 2.15. The van der Waals surface area contributed by atoms with E-state index in [1.807, 2.05) is 24.4 Å². The van der Waals surface area contributed by atoms with Crippen LogP contribution in [-0.4, -0.2) is 24.1 Å². The first kappa shape index (κ1) is 19.8. The monoisotopic (exact) mass is 404 g/mol. The molecule has 28 heavy (non-hydrogen) atoms. The van der Waals surface area contributed by atoms with Gasteiger partial charge >= 0.3 is 6.61 Å². The molecule has 0 aliphatic heterocycles. The summed E-state index contributed by atoms with van der Waals surface area (Å²) in [6.07, 6.45) is 0. The molecule has 0 aliphatic carbocycles. The van der Waals surface area contributed by atoms with E-state index in [9.17, 15) is 13.6 Å². The number of nitrogens with zero attached hydrogens (tertiary/aromatic N) is 1. The van der Waals surface area contributed by atoms with Gasteiger partial charge in [-0.15, -0.1) is 11.3 Å². The third-order valence-corrected chi connectivity index (χ3v) is 4.55. The number of halogens is 2. The number of carbonyl (C=O) groups is 1. The van der Waals surface area contributed by atoms with Crippen LogP contribution in [0.5, 0.6) is 11.5 Å². The Kier molecular flexibility index (Phi) is 6.20. The maximum Gasteiger partial charge on any atom is 0.387 e. The Morgan fingerprint density at radius 3 is 2.54 bits per heavy atom. The molecule has 0 unspecified atom stereocenters. The fourth-order valence-corrected chi connectivity index (χ4v) is 3.16. The van der Waals surface area contributed by atoms with Gasteiger partial charge in [0, 0.05) is 22.2 Å². The van der Waals surface area contributed by atoms with E-state index in [1.54, 1.807) is 30.4 Å². The Hall–Kier alpha value is -3.00. The average molecular weight is 404 g/mol. The first-order chi connectivity index (χ1) is 13.5. The van der Waals surface area contributed by atoms with Crippen LogP contribution in [0.4, 0.5) is 14.5 Å². The number of benzene rings is 2. The van der Waals surface area contributed by atoms with Gasteiger partial charge in [0.25, 0.3) is 5.91 Å². The molecular formula is C20H18F2N2O3S. The minimum atomic E-state index is -2.97. The molecule has 0 spiro atoms. The molecule has 0 saturated carbocycles. The summed E-state index contributed by atoms with van der Waals surface area (Å²) in [5.74, 6) is -0.414. The fraction of sp³-hybridized carbons (Fsp3) is 0.200. The van der Waals surface area contributed by atoms with E-state index in [4.69, 9.17) is 4.74 Å². The smallest absolute Gasteiger partial charge is 0.387 e. The lowest BCUT2D eigenvalue weighted by atomic mass is 10.1. The number of amides is 1. The third-order valence-electron chi connectivity index (χ3n) is 3.78. The number of carbonyl (C=O) groups excluding carboxylic acids is 1. The predicted octanol–water partition coefficient (Wildman–Crippen LogP) is 5.37. The van der Waals surface area contributed by atoms with Crippen molar-refractivity contribution in [1.82, 2.24) is 4.98 Å². The van der Waals surface area contributed by atoms with Gasteiger partial charge in [-0.3, -0.25) is 4.79 Å². The van der Waals surface area contributed by atoms with E-state index in [2.05, 4.69) is 15.0 Å². The molecular weight excluding hydrogens is 386 g/mol. The Morgan fingerprint density at radius 1 is 1.18 bits per heavy atom. The normalized spacial score (nSPS) is 10.8. The van der Waals surface area contributed by atoms with Gasteiger partial charge in [-0.1, -0.05) is 12.1 Å². The summed E-state index contributed by atoms with van der Waals surface area (Å²) in [5.41, 5.74) is 2.71. The van der Waals surface area contributed by atoms with Crippen LogP contribution in [0, 0.1) is 6.92 Å². The highest BCUT2D eigenvalue weighted by atomic mass is 32.1. The van der Waals surface area contributed by atoms with Crippen molar-refractivity contribution >= 4 is 22.9 Å². The van der Waals surface area contributed by atoms with Crippen LogP contribution in [0.15, 0.2) is 47.8 Å². The zero-order chi connectivity index (χ0) is 20.1. The Labute approximate surface area is 164 Å². The lowest BCUT2D eigenvalue weighted by Gasteiger charge is -2.13. The molecule has 0 aliphatic rings. The SMILES string of the molecule is CCOc1cc(C(=O)Nc2ccc(-c3csc(C)n3)cc2)ccc1OC(F)F. The summed E-state index contributed by atoms with van der Waals surface area (Å²) in [4.78, 5) is 16.9. The molecule has 2 aromatic carbocycles. The lowest BCUT2D eigenvalue weighted by Crippen LogP contribution is -2.12. The van der Waals surface area contributed by atoms with E-state index >= 15 is 0 Å². The molecule has 1 heterocycles. The molecule has 3 aromatic rings. The van der Waals surface area contributed by atoms with Gasteiger partial charge in [0.1, 0.15) is 0 Å². The van der Waals surface area contributed by atoms with Crippen LogP contribution in [0.1, 0.15) is 22.3 Å². The van der Waals surface area contributed by atoms with Crippen molar-refractivity contribution in [3.8, 4) is 22.8 Å². The van der Waals surface area contributed by atoms with E-state index in [-0.39, 0.29) is 29.6 Å². The summed E-state index contributed by atoms with van der Waals surface area (Å²) in [6.45, 7) is 0.933. The van der Waals surface area contributed by atoms with Crippen molar-refractivity contribution in [2.75, 3.05) is 11.9 Å². The van der Waals surface area contributed by atoms with Crippen LogP contribution < -0.4 is 14.8 Å². The highest BCUT2D eigenvalue weighted by molar-refractivity contribution is 7.09. The standard InChI is InChI=1S/C20H18F2N2O3S/c1-3-26-18-10-14(6-9-17(18)27-20(21)22)19(25)24-15-7-4-13(5-8-15)16-11-28-12(2)23-16/h4-11,20H,3H2,1-2H3,(H,24,25). The summed E-state index contributed by atoms with van der Waals surface area (Å²) < 4.78 is 34.7. The van der Waals surface area contributed by atoms with Gasteiger partial charge in [0.2, 0.25) is 0 Å². The maximum atomic E-state index is 12.5. The number of rotatable bonds is 7. The molecule has 0 bridgehead atoms. The number of thiazole rings is 1. The molecule has 146 valence electrons. The summed E-state index contributed by atoms with van der Waals surface area (Å²) >= 11 is 1.57. The van der Waals surface area contributed by atoms with E-state index in [0.29, 0.717) is 5.69 Å². The van der Waals surface area contributed by atoms with Crippen molar-refractivity contribution in [3.63, 3.8) is 0 Å². The number of hydrogen-bond acceptors (Lipinski definition) is 5. The van der Waals surface area contributed by atoms with Gasteiger partial charge in [-0.05, 0) is 44.2 Å². The summed E-state index contributed by atoms with van der Waals surface area (Å²) in [5, 5.41) is 5.73. The molecule has 0 fully saturated rings. The predicted molar refractivity (Wildman–Crippen MR) is 104 cm³/mol. The minimum Gasteiger partial charge on any atom is -0.490 e. The number of ether oxygens (including phenoxy) is 2. The van der Waals surface area contributed by atoms with Gasteiger partial charge < -0.3 is 14.8 Å². The molecule has 1 amide bonds. The molecule has 3 rings (SSSR count). The zero-order valence-electron chi connectivity index (χ0n) is 15.2. The quantitative estimate of drug-likeness (QED) is 0.575. The van der Waals surface area contributed by atoms with Gasteiger partial charge in [0.15, 0.2) is 11.5 Å². The highest BCUT2D eigenvalue weighted by Crippen LogP contribution is 2.30. The first-order valence-corrected chi connectivity index (χ1v) is 9.40. The van der Waals surface area contributed by atoms with Crippen molar-refractivity contribution in [3.05, 3.63) is 58.4 Å². The van der Waals surface area contributed by atoms with Gasteiger partial charge in [-0.25, -0.2) is 4.98 Å². The number of anilines is 1. The second-order valence-corrected chi connectivity index (χ2v) is 6.82. The largest absolute Gasteiger partial charge is 0.490 e. The lowest BCUT2D eigenvalue weighted by molar-refractivity contribution is -0.0514. The Morgan fingerprint density at radius 2 is 1.93 bits per heavy atom. The van der Waals surface area contributed by atoms with Crippen LogP contribution in [0.25, 0.3) is 11.3 Å². The van der Waals surface area contributed by atoms with Crippen LogP contribution in [0.3, 0.4) is 0 Å². The fourth-order valence-electron chi connectivity index (χ4n) is 2.53. The van der Waals surface area contributed by atoms with E-state index in [0.717, 1.165) is 16.3 Å². The summed E-state index contributed by atoms with van der Waals surface area (Å²) in [6, 6.07) is 11.4. The molecule has 1 aromatic heterocycles. The minimum absolute atomic E-state index is 0.0877. The molecule has 0 radical (unpaired) electrons. The zero-order valence-corrected chi connectivity index (χ0v) is 16.1. The second kappa shape index (κ2) is 8.79.